The molecule has 0 bridgehead atoms. The Kier molecular flexibility index (Phi) is 4.12. The summed E-state index contributed by atoms with van der Waals surface area (Å²) in [4.78, 5) is 14.9. The van der Waals surface area contributed by atoms with Gasteiger partial charge in [0.25, 0.3) is 0 Å². The SMILES string of the molecule is COCN(C(=O)N(C)C)c1ccccc1. The van der Waals surface area contributed by atoms with Crippen molar-refractivity contribution >= 4 is 11.7 Å². The van der Waals surface area contributed by atoms with Gasteiger partial charge in [0.2, 0.25) is 0 Å². The van der Waals surface area contributed by atoms with E-state index in [1.165, 1.54) is 4.90 Å². The van der Waals surface area contributed by atoms with Crippen molar-refractivity contribution in [3.8, 4) is 0 Å². The van der Waals surface area contributed by atoms with E-state index in [1.807, 2.05) is 30.3 Å². The summed E-state index contributed by atoms with van der Waals surface area (Å²) in [5, 5.41) is 0. The summed E-state index contributed by atoms with van der Waals surface area (Å²) in [7, 11) is 5.00. The molecule has 1 aromatic carbocycles. The lowest BCUT2D eigenvalue weighted by atomic mass is 10.3. The Balaban J connectivity index is 2.88. The Morgan fingerprint density at radius 2 is 1.87 bits per heavy atom. The molecule has 2 amide bonds. The first-order valence-corrected chi connectivity index (χ1v) is 4.69. The molecule has 82 valence electrons. The monoisotopic (exact) mass is 208 g/mol. The van der Waals surface area contributed by atoms with Gasteiger partial charge in [-0.1, -0.05) is 18.2 Å². The molecule has 15 heavy (non-hydrogen) atoms. The van der Waals surface area contributed by atoms with Gasteiger partial charge in [-0.3, -0.25) is 4.90 Å². The predicted octanol–water partition coefficient (Wildman–Crippen LogP) is 1.78. The van der Waals surface area contributed by atoms with Crippen molar-refractivity contribution in [2.75, 3.05) is 32.8 Å². The van der Waals surface area contributed by atoms with E-state index in [-0.39, 0.29) is 12.8 Å². The van der Waals surface area contributed by atoms with Crippen LogP contribution in [0.15, 0.2) is 30.3 Å². The minimum atomic E-state index is -0.0944. The number of nitrogens with zero attached hydrogens (tertiary/aromatic N) is 2. The molecule has 0 aliphatic carbocycles. The first-order chi connectivity index (χ1) is 7.16. The number of carbonyl (C=O) groups is 1. The first kappa shape index (κ1) is 11.5. The van der Waals surface area contributed by atoms with E-state index >= 15 is 0 Å². The number of carbonyl (C=O) groups excluding carboxylic acids is 1. The first-order valence-electron chi connectivity index (χ1n) is 4.69. The molecule has 0 radical (unpaired) electrons. The van der Waals surface area contributed by atoms with Crippen LogP contribution in [-0.4, -0.2) is 38.9 Å². The lowest BCUT2D eigenvalue weighted by Crippen LogP contribution is -2.40. The van der Waals surface area contributed by atoms with Gasteiger partial charge in [0.05, 0.1) is 0 Å². The van der Waals surface area contributed by atoms with Crippen LogP contribution in [0.2, 0.25) is 0 Å². The molecule has 0 unspecified atom stereocenters. The Labute approximate surface area is 90.1 Å². The second kappa shape index (κ2) is 5.36. The fraction of sp³-hybridized carbons (Fsp3) is 0.364. The molecule has 4 nitrogen and oxygen atoms in total. The van der Waals surface area contributed by atoms with Gasteiger partial charge in [-0.25, -0.2) is 4.79 Å². The maximum Gasteiger partial charge on any atom is 0.325 e. The normalized spacial score (nSPS) is 9.80. The van der Waals surface area contributed by atoms with E-state index in [9.17, 15) is 4.79 Å². The molecule has 0 aliphatic heterocycles. The topological polar surface area (TPSA) is 32.8 Å². The van der Waals surface area contributed by atoms with E-state index in [0.717, 1.165) is 5.69 Å². The molecule has 1 aromatic rings. The van der Waals surface area contributed by atoms with E-state index in [1.54, 1.807) is 26.1 Å². The van der Waals surface area contributed by atoms with E-state index < -0.39 is 0 Å². The lowest BCUT2D eigenvalue weighted by Gasteiger charge is -2.25. The van der Waals surface area contributed by atoms with Gasteiger partial charge in [0.1, 0.15) is 6.73 Å². The van der Waals surface area contributed by atoms with Crippen LogP contribution in [0.1, 0.15) is 0 Å². The Morgan fingerprint density at radius 3 is 2.33 bits per heavy atom. The Morgan fingerprint density at radius 1 is 1.27 bits per heavy atom. The van der Waals surface area contributed by atoms with Gasteiger partial charge in [-0.05, 0) is 12.1 Å². The second-order valence-corrected chi connectivity index (χ2v) is 3.36. The summed E-state index contributed by atoms with van der Waals surface area (Å²) in [6.07, 6.45) is 0. The van der Waals surface area contributed by atoms with Crippen molar-refractivity contribution in [1.82, 2.24) is 4.90 Å². The van der Waals surface area contributed by atoms with Crippen LogP contribution in [0.25, 0.3) is 0 Å². The van der Waals surface area contributed by atoms with Crippen molar-refractivity contribution in [3.05, 3.63) is 30.3 Å². The molecular formula is C11H16N2O2. The third-order valence-electron chi connectivity index (χ3n) is 1.94. The molecule has 0 saturated heterocycles. The van der Waals surface area contributed by atoms with Crippen molar-refractivity contribution in [2.45, 2.75) is 0 Å². The number of anilines is 1. The summed E-state index contributed by atoms with van der Waals surface area (Å²) in [5.74, 6) is 0. The number of para-hydroxylation sites is 1. The van der Waals surface area contributed by atoms with E-state index in [0.29, 0.717) is 0 Å². The van der Waals surface area contributed by atoms with Crippen LogP contribution in [-0.2, 0) is 4.74 Å². The van der Waals surface area contributed by atoms with Gasteiger partial charge >= 0.3 is 6.03 Å². The average Bonchev–Trinajstić information content (AvgIpc) is 2.26. The summed E-state index contributed by atoms with van der Waals surface area (Å²) >= 11 is 0. The predicted molar refractivity (Wildman–Crippen MR) is 59.9 cm³/mol. The van der Waals surface area contributed by atoms with Gasteiger partial charge in [0, 0.05) is 26.9 Å². The molecule has 0 N–H and O–H groups in total. The van der Waals surface area contributed by atoms with E-state index in [2.05, 4.69) is 0 Å². The highest BCUT2D eigenvalue weighted by atomic mass is 16.5. The minimum Gasteiger partial charge on any atom is -0.364 e. The van der Waals surface area contributed by atoms with Crippen molar-refractivity contribution < 1.29 is 9.53 Å². The third kappa shape index (κ3) is 2.95. The largest absolute Gasteiger partial charge is 0.364 e. The maximum absolute atomic E-state index is 11.8. The zero-order valence-electron chi connectivity index (χ0n) is 9.30. The van der Waals surface area contributed by atoms with Crippen LogP contribution in [0.5, 0.6) is 0 Å². The molecule has 0 heterocycles. The fourth-order valence-corrected chi connectivity index (χ4v) is 1.22. The van der Waals surface area contributed by atoms with Crippen LogP contribution >= 0.6 is 0 Å². The number of benzene rings is 1. The Bertz CT molecular complexity index is 312. The number of methoxy groups -OCH3 is 1. The van der Waals surface area contributed by atoms with Crippen LogP contribution < -0.4 is 4.90 Å². The van der Waals surface area contributed by atoms with Gasteiger partial charge < -0.3 is 9.64 Å². The maximum atomic E-state index is 11.8. The minimum absolute atomic E-state index is 0.0944. The second-order valence-electron chi connectivity index (χ2n) is 3.36. The summed E-state index contributed by atoms with van der Waals surface area (Å²) in [6.45, 7) is 0.251. The Hall–Kier alpha value is -1.55. The molecule has 0 saturated carbocycles. The number of rotatable bonds is 3. The summed E-state index contributed by atoms with van der Waals surface area (Å²) < 4.78 is 5.01. The zero-order chi connectivity index (χ0) is 11.3. The number of amides is 2. The zero-order valence-corrected chi connectivity index (χ0v) is 9.30. The van der Waals surface area contributed by atoms with Gasteiger partial charge in [-0.15, -0.1) is 0 Å². The van der Waals surface area contributed by atoms with Gasteiger partial charge in [0.15, 0.2) is 0 Å². The van der Waals surface area contributed by atoms with Crippen LogP contribution in [0.3, 0.4) is 0 Å². The average molecular weight is 208 g/mol. The molecular weight excluding hydrogens is 192 g/mol. The number of hydrogen-bond acceptors (Lipinski definition) is 2. The highest BCUT2D eigenvalue weighted by Gasteiger charge is 2.16. The van der Waals surface area contributed by atoms with Crippen LogP contribution in [0.4, 0.5) is 10.5 Å². The van der Waals surface area contributed by atoms with Crippen molar-refractivity contribution in [1.29, 1.82) is 0 Å². The molecule has 0 fully saturated rings. The third-order valence-corrected chi connectivity index (χ3v) is 1.94. The fourth-order valence-electron chi connectivity index (χ4n) is 1.22. The number of hydrogen-bond donors (Lipinski definition) is 0. The molecule has 0 aromatic heterocycles. The number of ether oxygens (including phenoxy) is 1. The van der Waals surface area contributed by atoms with Crippen molar-refractivity contribution in [2.24, 2.45) is 0 Å². The molecule has 0 aliphatic rings. The van der Waals surface area contributed by atoms with Gasteiger partial charge in [-0.2, -0.15) is 0 Å². The van der Waals surface area contributed by atoms with Crippen LogP contribution in [0, 0.1) is 0 Å². The molecule has 0 spiro atoms. The standard InChI is InChI=1S/C11H16N2O2/c1-12(2)11(14)13(9-15-3)10-7-5-4-6-8-10/h4-8H,9H2,1-3H3. The molecule has 4 heteroatoms. The smallest absolute Gasteiger partial charge is 0.325 e. The van der Waals surface area contributed by atoms with Crippen molar-refractivity contribution in [3.63, 3.8) is 0 Å². The highest BCUT2D eigenvalue weighted by molar-refractivity contribution is 5.91. The summed E-state index contributed by atoms with van der Waals surface area (Å²) in [6, 6.07) is 9.35. The molecule has 0 atom stereocenters. The highest BCUT2D eigenvalue weighted by Crippen LogP contribution is 2.14. The quantitative estimate of drug-likeness (QED) is 0.709. The lowest BCUT2D eigenvalue weighted by molar-refractivity contribution is 0.181. The summed E-state index contributed by atoms with van der Waals surface area (Å²) in [5.41, 5.74) is 0.832. The molecule has 1 rings (SSSR count). The number of urea groups is 1. The van der Waals surface area contributed by atoms with E-state index in [4.69, 9.17) is 4.74 Å².